The summed E-state index contributed by atoms with van der Waals surface area (Å²) in [6.07, 6.45) is -0.118. The molecule has 2 N–H and O–H groups in total. The van der Waals surface area contributed by atoms with Crippen LogP contribution in [0.2, 0.25) is 0 Å². The number of H-pyrrole nitrogens is 1. The summed E-state index contributed by atoms with van der Waals surface area (Å²) in [5.74, 6) is 0.0258. The molecule has 2 rings (SSSR count). The summed E-state index contributed by atoms with van der Waals surface area (Å²) in [7, 11) is 1.64. The fourth-order valence-electron chi connectivity index (χ4n) is 3.26. The standard InChI is InChI=1S/C22H35N3O6S/c1-13(2)30-12-16(26)10-25(8-7-9-29-6)11-17-23-20(27)18-15(5)19(32-21(18)24-17)22(28)31-14(3)4/h13-14,16,26H,7-12H2,1-6H3,(H,23,24,27). The topological polar surface area (TPSA) is 114 Å². The highest BCUT2D eigenvalue weighted by atomic mass is 32.1. The van der Waals surface area contributed by atoms with E-state index in [9.17, 15) is 14.7 Å². The van der Waals surface area contributed by atoms with E-state index in [0.717, 1.165) is 17.8 Å². The number of hydrogen-bond donors (Lipinski definition) is 2. The smallest absolute Gasteiger partial charge is 0.348 e. The number of ether oxygens (including phenoxy) is 3. The number of esters is 1. The van der Waals surface area contributed by atoms with Crippen LogP contribution in [0, 0.1) is 6.92 Å². The lowest BCUT2D eigenvalue weighted by Gasteiger charge is -2.25. The van der Waals surface area contributed by atoms with Gasteiger partial charge in [0.25, 0.3) is 5.56 Å². The first-order valence-electron chi connectivity index (χ1n) is 10.9. The molecule has 0 amide bonds. The van der Waals surface area contributed by atoms with Gasteiger partial charge in [0.15, 0.2) is 0 Å². The first-order chi connectivity index (χ1) is 15.1. The zero-order valence-corrected chi connectivity index (χ0v) is 20.6. The van der Waals surface area contributed by atoms with Gasteiger partial charge in [-0.25, -0.2) is 9.78 Å². The number of aromatic nitrogens is 2. The molecule has 32 heavy (non-hydrogen) atoms. The van der Waals surface area contributed by atoms with E-state index in [-0.39, 0.29) is 24.4 Å². The van der Waals surface area contributed by atoms with Crippen molar-refractivity contribution < 1.29 is 24.1 Å². The first-order valence-corrected chi connectivity index (χ1v) is 11.7. The van der Waals surface area contributed by atoms with Crippen LogP contribution in [-0.4, -0.2) is 77.7 Å². The molecule has 0 spiro atoms. The fraction of sp³-hybridized carbons (Fsp3) is 0.682. The average Bonchev–Trinajstić information content (AvgIpc) is 3.03. The SMILES string of the molecule is COCCCN(Cc1nc2sc(C(=O)OC(C)C)c(C)c2c(=O)[nH]1)CC(O)COC(C)C. The maximum absolute atomic E-state index is 12.8. The summed E-state index contributed by atoms with van der Waals surface area (Å²) in [5, 5.41) is 10.8. The van der Waals surface area contributed by atoms with E-state index in [4.69, 9.17) is 14.2 Å². The number of nitrogens with one attached hydrogen (secondary N) is 1. The molecule has 2 aromatic rings. The van der Waals surface area contributed by atoms with Gasteiger partial charge in [-0.05, 0) is 46.6 Å². The number of rotatable bonds is 13. The third-order valence-electron chi connectivity index (χ3n) is 4.66. The second-order valence-electron chi connectivity index (χ2n) is 8.32. The molecule has 10 heteroatoms. The molecule has 2 heterocycles. The molecule has 0 bridgehead atoms. The lowest BCUT2D eigenvalue weighted by atomic mass is 10.2. The van der Waals surface area contributed by atoms with Crippen LogP contribution in [0.25, 0.3) is 10.2 Å². The largest absolute Gasteiger partial charge is 0.459 e. The Bertz CT molecular complexity index is 940. The molecule has 0 aromatic carbocycles. The number of nitrogens with zero attached hydrogens (tertiary/aromatic N) is 2. The van der Waals surface area contributed by atoms with Crippen LogP contribution in [0.15, 0.2) is 4.79 Å². The summed E-state index contributed by atoms with van der Waals surface area (Å²) in [6.45, 7) is 11.3. The van der Waals surface area contributed by atoms with Crippen LogP contribution in [0.3, 0.4) is 0 Å². The third-order valence-corrected chi connectivity index (χ3v) is 5.83. The van der Waals surface area contributed by atoms with E-state index >= 15 is 0 Å². The molecule has 0 saturated carbocycles. The minimum Gasteiger partial charge on any atom is -0.459 e. The van der Waals surface area contributed by atoms with Gasteiger partial charge in [0.2, 0.25) is 0 Å². The van der Waals surface area contributed by atoms with E-state index in [2.05, 4.69) is 9.97 Å². The Morgan fingerprint density at radius 2 is 1.97 bits per heavy atom. The van der Waals surface area contributed by atoms with Crippen LogP contribution < -0.4 is 5.56 Å². The molecule has 2 aromatic heterocycles. The Labute approximate surface area is 192 Å². The molecule has 0 saturated heterocycles. The van der Waals surface area contributed by atoms with E-state index in [0.29, 0.717) is 52.7 Å². The molecule has 0 fully saturated rings. The molecule has 0 aliphatic rings. The molecular weight excluding hydrogens is 434 g/mol. The number of thiophene rings is 1. The lowest BCUT2D eigenvalue weighted by Crippen LogP contribution is -2.37. The first kappa shape index (κ1) is 26.4. The number of aryl methyl sites for hydroxylation is 1. The highest BCUT2D eigenvalue weighted by molar-refractivity contribution is 7.20. The van der Waals surface area contributed by atoms with Crippen LogP contribution >= 0.6 is 11.3 Å². The molecule has 0 radical (unpaired) electrons. The predicted molar refractivity (Wildman–Crippen MR) is 124 cm³/mol. The van der Waals surface area contributed by atoms with Gasteiger partial charge < -0.3 is 24.3 Å². The summed E-state index contributed by atoms with van der Waals surface area (Å²) in [5.41, 5.74) is 0.289. The van der Waals surface area contributed by atoms with E-state index in [1.165, 1.54) is 0 Å². The average molecular weight is 470 g/mol. The number of carbonyl (C=O) groups is 1. The van der Waals surface area contributed by atoms with Gasteiger partial charge in [0.05, 0.1) is 36.8 Å². The normalized spacial score (nSPS) is 12.9. The van der Waals surface area contributed by atoms with E-state index < -0.39 is 12.1 Å². The minimum absolute atomic E-state index is 0.0330. The molecular formula is C22H35N3O6S. The van der Waals surface area contributed by atoms with Crippen LogP contribution in [0.4, 0.5) is 0 Å². The Balaban J connectivity index is 2.24. The van der Waals surface area contributed by atoms with Crippen molar-refractivity contribution in [1.82, 2.24) is 14.9 Å². The third kappa shape index (κ3) is 7.63. The zero-order valence-electron chi connectivity index (χ0n) is 19.8. The number of methoxy groups -OCH3 is 1. The number of hydrogen-bond acceptors (Lipinski definition) is 9. The second-order valence-corrected chi connectivity index (χ2v) is 9.32. The van der Waals surface area contributed by atoms with E-state index in [1.807, 2.05) is 18.7 Å². The molecule has 1 unspecified atom stereocenters. The molecule has 0 aliphatic carbocycles. The van der Waals surface area contributed by atoms with E-state index in [1.54, 1.807) is 27.9 Å². The van der Waals surface area contributed by atoms with Crippen molar-refractivity contribution in [3.63, 3.8) is 0 Å². The fourth-order valence-corrected chi connectivity index (χ4v) is 4.34. The second kappa shape index (κ2) is 12.4. The Hall–Kier alpha value is -1.85. The van der Waals surface area contributed by atoms with Gasteiger partial charge in [0.1, 0.15) is 15.5 Å². The number of carbonyl (C=O) groups excluding carboxylic acids is 1. The van der Waals surface area contributed by atoms with Crippen molar-refractivity contribution >= 4 is 27.5 Å². The van der Waals surface area contributed by atoms with Crippen LogP contribution in [0.1, 0.15) is 55.2 Å². The Morgan fingerprint density at radius 3 is 2.59 bits per heavy atom. The minimum atomic E-state index is -0.670. The number of aliphatic hydroxyl groups is 1. The summed E-state index contributed by atoms with van der Waals surface area (Å²) < 4.78 is 15.9. The molecule has 9 nitrogen and oxygen atoms in total. The number of aliphatic hydroxyl groups excluding tert-OH is 1. The maximum atomic E-state index is 12.8. The predicted octanol–water partition coefficient (Wildman–Crippen LogP) is 2.48. The maximum Gasteiger partial charge on any atom is 0.348 e. The summed E-state index contributed by atoms with van der Waals surface area (Å²) in [4.78, 5) is 35.5. The quantitative estimate of drug-likeness (QED) is 0.340. The van der Waals surface area contributed by atoms with Crippen molar-refractivity contribution in [2.24, 2.45) is 0 Å². The molecule has 180 valence electrons. The van der Waals surface area contributed by atoms with Crippen molar-refractivity contribution in [1.29, 1.82) is 0 Å². The van der Waals surface area contributed by atoms with Gasteiger partial charge in [0, 0.05) is 26.8 Å². The zero-order chi connectivity index (χ0) is 23.8. The molecule has 0 aliphatic heterocycles. The molecule has 1 atom stereocenters. The Kier molecular flexibility index (Phi) is 10.2. The van der Waals surface area contributed by atoms with Crippen molar-refractivity contribution in [3.8, 4) is 0 Å². The van der Waals surface area contributed by atoms with Crippen LogP contribution in [-0.2, 0) is 20.8 Å². The summed E-state index contributed by atoms with van der Waals surface area (Å²) >= 11 is 1.16. The van der Waals surface area contributed by atoms with Crippen molar-refractivity contribution in [2.45, 2.75) is 65.9 Å². The van der Waals surface area contributed by atoms with Crippen molar-refractivity contribution in [3.05, 3.63) is 26.6 Å². The van der Waals surface area contributed by atoms with Gasteiger partial charge in [-0.1, -0.05) is 0 Å². The van der Waals surface area contributed by atoms with Crippen molar-refractivity contribution in [2.75, 3.05) is 33.4 Å². The van der Waals surface area contributed by atoms with Gasteiger partial charge in [-0.15, -0.1) is 11.3 Å². The number of aromatic amines is 1. The monoisotopic (exact) mass is 469 g/mol. The summed E-state index contributed by atoms with van der Waals surface area (Å²) in [6, 6.07) is 0. The highest BCUT2D eigenvalue weighted by Gasteiger charge is 2.22. The highest BCUT2D eigenvalue weighted by Crippen LogP contribution is 2.28. The Morgan fingerprint density at radius 1 is 1.25 bits per heavy atom. The lowest BCUT2D eigenvalue weighted by molar-refractivity contribution is -0.0106. The van der Waals surface area contributed by atoms with Gasteiger partial charge in [-0.2, -0.15) is 0 Å². The number of fused-ring (bicyclic) bond motifs is 1. The van der Waals surface area contributed by atoms with Gasteiger partial charge >= 0.3 is 5.97 Å². The van der Waals surface area contributed by atoms with Crippen LogP contribution in [0.5, 0.6) is 0 Å². The van der Waals surface area contributed by atoms with Gasteiger partial charge in [-0.3, -0.25) is 9.69 Å².